The molecule has 0 saturated heterocycles. The second-order valence-corrected chi connectivity index (χ2v) is 3.88. The number of anilines is 1. The van der Waals surface area contributed by atoms with Crippen molar-refractivity contribution in [3.8, 4) is 5.75 Å². The standard InChI is InChI=1S/C11H10FN5O2/c1-18-9-3-8-7(2-6(9)12)15-11(13)17(8)4-10-14-5-19-16-10/h2-3,5H,4H2,1H3,(H2,13,15). The Kier molecular flexibility index (Phi) is 2.55. The summed E-state index contributed by atoms with van der Waals surface area (Å²) in [7, 11) is 1.40. The van der Waals surface area contributed by atoms with Gasteiger partial charge in [-0.25, -0.2) is 9.37 Å². The van der Waals surface area contributed by atoms with Crippen molar-refractivity contribution in [3.63, 3.8) is 0 Å². The quantitative estimate of drug-likeness (QED) is 0.763. The summed E-state index contributed by atoms with van der Waals surface area (Å²) >= 11 is 0. The minimum atomic E-state index is -0.487. The Bertz CT molecular complexity index is 722. The monoisotopic (exact) mass is 263 g/mol. The van der Waals surface area contributed by atoms with E-state index in [1.54, 1.807) is 4.57 Å². The van der Waals surface area contributed by atoms with E-state index in [1.165, 1.54) is 25.6 Å². The van der Waals surface area contributed by atoms with Gasteiger partial charge in [0, 0.05) is 12.1 Å². The fourth-order valence-electron chi connectivity index (χ4n) is 1.87. The number of nitrogens with zero attached hydrogens (tertiary/aromatic N) is 4. The maximum absolute atomic E-state index is 13.6. The zero-order valence-electron chi connectivity index (χ0n) is 10.00. The zero-order valence-corrected chi connectivity index (χ0v) is 10.00. The molecule has 0 aliphatic heterocycles. The molecule has 0 fully saturated rings. The molecular weight excluding hydrogens is 253 g/mol. The molecule has 1 aromatic carbocycles. The molecule has 0 unspecified atom stereocenters. The zero-order chi connectivity index (χ0) is 13.4. The Balaban J connectivity index is 2.15. The van der Waals surface area contributed by atoms with E-state index in [4.69, 9.17) is 10.5 Å². The van der Waals surface area contributed by atoms with E-state index >= 15 is 0 Å². The first-order valence-corrected chi connectivity index (χ1v) is 5.43. The van der Waals surface area contributed by atoms with Gasteiger partial charge >= 0.3 is 0 Å². The van der Waals surface area contributed by atoms with E-state index in [-0.39, 0.29) is 18.2 Å². The first-order valence-electron chi connectivity index (χ1n) is 5.43. The van der Waals surface area contributed by atoms with Crippen LogP contribution in [0.5, 0.6) is 5.75 Å². The molecule has 0 amide bonds. The second kappa shape index (κ2) is 4.23. The highest BCUT2D eigenvalue weighted by Gasteiger charge is 2.14. The largest absolute Gasteiger partial charge is 0.494 e. The molecule has 2 N–H and O–H groups in total. The molecule has 0 aliphatic carbocycles. The average molecular weight is 263 g/mol. The van der Waals surface area contributed by atoms with Crippen LogP contribution in [0.1, 0.15) is 5.82 Å². The van der Waals surface area contributed by atoms with Crippen molar-refractivity contribution >= 4 is 17.0 Å². The van der Waals surface area contributed by atoms with Crippen LogP contribution in [-0.2, 0) is 6.54 Å². The van der Waals surface area contributed by atoms with E-state index in [2.05, 4.69) is 19.6 Å². The Labute approximate surface area is 106 Å². The number of rotatable bonds is 3. The Morgan fingerprint density at radius 1 is 1.47 bits per heavy atom. The molecule has 0 spiro atoms. The number of fused-ring (bicyclic) bond motifs is 1. The Morgan fingerprint density at radius 3 is 3.00 bits per heavy atom. The molecule has 2 heterocycles. The summed E-state index contributed by atoms with van der Waals surface area (Å²) in [5.41, 5.74) is 6.90. The SMILES string of the molecule is COc1cc2c(cc1F)nc(N)n2Cc1ncon1. The predicted octanol–water partition coefficient (Wildman–Crippen LogP) is 1.20. The molecule has 0 saturated carbocycles. The minimum absolute atomic E-state index is 0.127. The van der Waals surface area contributed by atoms with Gasteiger partial charge in [-0.05, 0) is 0 Å². The van der Waals surface area contributed by atoms with Crippen LogP contribution in [0.3, 0.4) is 0 Å². The molecule has 8 heteroatoms. The number of halogens is 1. The van der Waals surface area contributed by atoms with Gasteiger partial charge in [0.15, 0.2) is 17.4 Å². The highest BCUT2D eigenvalue weighted by molar-refractivity contribution is 5.80. The van der Waals surface area contributed by atoms with E-state index < -0.39 is 5.82 Å². The molecule has 0 aliphatic rings. The van der Waals surface area contributed by atoms with E-state index in [0.717, 1.165) is 0 Å². The second-order valence-electron chi connectivity index (χ2n) is 3.88. The molecule has 19 heavy (non-hydrogen) atoms. The van der Waals surface area contributed by atoms with Crippen molar-refractivity contribution < 1.29 is 13.7 Å². The van der Waals surface area contributed by atoms with Gasteiger partial charge in [0.25, 0.3) is 0 Å². The maximum atomic E-state index is 13.6. The van der Waals surface area contributed by atoms with Gasteiger partial charge in [0.1, 0.15) is 0 Å². The lowest BCUT2D eigenvalue weighted by atomic mass is 10.3. The first-order chi connectivity index (χ1) is 9.19. The lowest BCUT2D eigenvalue weighted by Crippen LogP contribution is -2.05. The number of nitrogen functional groups attached to an aromatic ring is 1. The predicted molar refractivity (Wildman–Crippen MR) is 64.1 cm³/mol. The molecule has 3 rings (SSSR count). The van der Waals surface area contributed by atoms with Crippen molar-refractivity contribution in [2.24, 2.45) is 0 Å². The number of imidazole rings is 1. The van der Waals surface area contributed by atoms with Crippen LogP contribution < -0.4 is 10.5 Å². The summed E-state index contributed by atoms with van der Waals surface area (Å²) < 4.78 is 24.8. The van der Waals surface area contributed by atoms with Gasteiger partial charge in [-0.15, -0.1) is 0 Å². The van der Waals surface area contributed by atoms with Crippen molar-refractivity contribution in [3.05, 3.63) is 30.2 Å². The number of ether oxygens (including phenoxy) is 1. The van der Waals surface area contributed by atoms with Crippen LogP contribution in [0.4, 0.5) is 10.3 Å². The van der Waals surface area contributed by atoms with Crippen molar-refractivity contribution in [2.75, 3.05) is 12.8 Å². The highest BCUT2D eigenvalue weighted by atomic mass is 19.1. The number of hydrogen-bond donors (Lipinski definition) is 1. The smallest absolute Gasteiger partial charge is 0.213 e. The number of benzene rings is 1. The van der Waals surface area contributed by atoms with Crippen molar-refractivity contribution in [1.29, 1.82) is 0 Å². The lowest BCUT2D eigenvalue weighted by Gasteiger charge is -2.05. The Hall–Kier alpha value is -2.64. The van der Waals surface area contributed by atoms with Gasteiger partial charge in [-0.2, -0.15) is 4.98 Å². The third kappa shape index (κ3) is 1.86. The lowest BCUT2D eigenvalue weighted by molar-refractivity contribution is 0.387. The highest BCUT2D eigenvalue weighted by Crippen LogP contribution is 2.26. The summed E-state index contributed by atoms with van der Waals surface area (Å²) in [6, 6.07) is 2.81. The van der Waals surface area contributed by atoms with E-state index in [1.807, 2.05) is 0 Å². The van der Waals surface area contributed by atoms with Crippen molar-refractivity contribution in [1.82, 2.24) is 19.7 Å². The molecule has 0 radical (unpaired) electrons. The molecule has 3 aromatic rings. The van der Waals surface area contributed by atoms with Crippen LogP contribution in [0.2, 0.25) is 0 Å². The average Bonchev–Trinajstić information content (AvgIpc) is 2.98. The molecule has 0 atom stereocenters. The Morgan fingerprint density at radius 2 is 2.32 bits per heavy atom. The van der Waals surface area contributed by atoms with Gasteiger partial charge in [-0.3, -0.25) is 0 Å². The van der Waals surface area contributed by atoms with E-state index in [0.29, 0.717) is 16.9 Å². The fraction of sp³-hybridized carbons (Fsp3) is 0.182. The van der Waals surface area contributed by atoms with Crippen LogP contribution in [0.25, 0.3) is 11.0 Å². The normalized spacial score (nSPS) is 11.1. The van der Waals surface area contributed by atoms with Crippen LogP contribution >= 0.6 is 0 Å². The van der Waals surface area contributed by atoms with Gasteiger partial charge in [0.2, 0.25) is 12.3 Å². The summed E-state index contributed by atoms with van der Waals surface area (Å²) in [6.07, 6.45) is 1.23. The summed E-state index contributed by atoms with van der Waals surface area (Å²) in [5.74, 6) is 0.336. The van der Waals surface area contributed by atoms with Gasteiger partial charge < -0.3 is 19.6 Å². The summed E-state index contributed by atoms with van der Waals surface area (Å²) in [6.45, 7) is 0.285. The molecule has 98 valence electrons. The van der Waals surface area contributed by atoms with E-state index in [9.17, 15) is 4.39 Å². The first kappa shape index (κ1) is 11.5. The van der Waals surface area contributed by atoms with Crippen LogP contribution in [0.15, 0.2) is 23.0 Å². The fourth-order valence-corrected chi connectivity index (χ4v) is 1.87. The molecule has 2 aromatic heterocycles. The minimum Gasteiger partial charge on any atom is -0.494 e. The third-order valence-electron chi connectivity index (χ3n) is 2.76. The number of aromatic nitrogens is 4. The van der Waals surface area contributed by atoms with Crippen LogP contribution in [-0.4, -0.2) is 26.8 Å². The maximum Gasteiger partial charge on any atom is 0.213 e. The summed E-state index contributed by atoms with van der Waals surface area (Å²) in [4.78, 5) is 8.00. The topological polar surface area (TPSA) is 92.0 Å². The number of hydrogen-bond acceptors (Lipinski definition) is 6. The third-order valence-corrected chi connectivity index (χ3v) is 2.76. The summed E-state index contributed by atoms with van der Waals surface area (Å²) in [5, 5.41) is 3.70. The molecular formula is C11H10FN5O2. The number of methoxy groups -OCH3 is 1. The number of nitrogens with two attached hydrogens (primary N) is 1. The van der Waals surface area contributed by atoms with Crippen LogP contribution in [0, 0.1) is 5.82 Å². The van der Waals surface area contributed by atoms with Gasteiger partial charge in [-0.1, -0.05) is 5.16 Å². The molecule has 7 nitrogen and oxygen atoms in total. The molecule has 0 bridgehead atoms. The van der Waals surface area contributed by atoms with Crippen molar-refractivity contribution in [2.45, 2.75) is 6.54 Å². The van der Waals surface area contributed by atoms with Gasteiger partial charge in [0.05, 0.1) is 24.7 Å².